The summed E-state index contributed by atoms with van der Waals surface area (Å²) in [6.07, 6.45) is 59.8. The predicted molar refractivity (Wildman–Crippen MR) is 235 cm³/mol. The number of carbonyl (C=O) groups is 1. The van der Waals surface area contributed by atoms with Gasteiger partial charge in [0.05, 0.1) is 18.8 Å². The highest BCUT2D eigenvalue weighted by Gasteiger charge is 2.17. The molecule has 0 aromatic heterocycles. The molecule has 0 fully saturated rings. The maximum Gasteiger partial charge on any atom is 0.220 e. The number of amides is 1. The number of rotatable bonds is 43. The fraction of sp³-hybridized carbons (Fsp3) is 0.857. The topological polar surface area (TPSA) is 69.6 Å². The van der Waals surface area contributed by atoms with Crippen LogP contribution in [0, 0.1) is 0 Å². The lowest BCUT2D eigenvalue weighted by atomic mass is 10.0. The molecule has 0 radical (unpaired) electrons. The van der Waals surface area contributed by atoms with Gasteiger partial charge in [0.25, 0.3) is 0 Å². The normalized spacial score (nSPS) is 13.2. The molecule has 3 N–H and O–H groups in total. The van der Waals surface area contributed by atoms with Crippen LogP contribution in [-0.4, -0.2) is 34.9 Å². The van der Waals surface area contributed by atoms with Crippen molar-refractivity contribution in [2.24, 2.45) is 0 Å². The molecule has 2 unspecified atom stereocenters. The van der Waals surface area contributed by atoms with Crippen LogP contribution in [0.4, 0.5) is 0 Å². The molecule has 0 aliphatic heterocycles. The molecule has 312 valence electrons. The molecule has 1 amide bonds. The lowest BCUT2D eigenvalue weighted by Crippen LogP contribution is -2.45. The van der Waals surface area contributed by atoms with Crippen molar-refractivity contribution < 1.29 is 15.0 Å². The van der Waals surface area contributed by atoms with Crippen LogP contribution in [0.15, 0.2) is 36.5 Å². The Labute approximate surface area is 331 Å². The fourth-order valence-corrected chi connectivity index (χ4v) is 7.21. The number of unbranched alkanes of at least 4 members (excludes halogenated alkanes) is 32. The maximum atomic E-state index is 12.4. The first-order valence-corrected chi connectivity index (χ1v) is 23.7. The largest absolute Gasteiger partial charge is 0.394 e. The Hall–Kier alpha value is -1.39. The molecule has 0 aliphatic rings. The summed E-state index contributed by atoms with van der Waals surface area (Å²) in [4.78, 5) is 12.4. The van der Waals surface area contributed by atoms with Crippen LogP contribution in [0.25, 0.3) is 0 Å². The smallest absolute Gasteiger partial charge is 0.220 e. The quantitative estimate of drug-likeness (QED) is 0.0430. The van der Waals surface area contributed by atoms with E-state index in [2.05, 4.69) is 43.5 Å². The molecular formula is C49H93NO3. The van der Waals surface area contributed by atoms with Gasteiger partial charge in [-0.05, 0) is 44.9 Å². The molecule has 4 heteroatoms. The van der Waals surface area contributed by atoms with Gasteiger partial charge in [-0.2, -0.15) is 0 Å². The third-order valence-corrected chi connectivity index (χ3v) is 10.9. The summed E-state index contributed by atoms with van der Waals surface area (Å²) < 4.78 is 0. The van der Waals surface area contributed by atoms with Crippen molar-refractivity contribution in [2.45, 2.75) is 264 Å². The van der Waals surface area contributed by atoms with Gasteiger partial charge in [-0.25, -0.2) is 0 Å². The van der Waals surface area contributed by atoms with E-state index in [0.717, 1.165) is 38.5 Å². The molecule has 2 atom stereocenters. The minimum atomic E-state index is -0.867. The Bertz CT molecular complexity index is 806. The minimum absolute atomic E-state index is 0.0747. The molecular weight excluding hydrogens is 651 g/mol. The molecule has 0 aliphatic carbocycles. The van der Waals surface area contributed by atoms with Crippen LogP contribution >= 0.6 is 0 Å². The molecule has 0 heterocycles. The summed E-state index contributed by atoms with van der Waals surface area (Å²) in [6, 6.07) is -0.642. The van der Waals surface area contributed by atoms with E-state index >= 15 is 0 Å². The Kier molecular flexibility index (Phi) is 43.8. The van der Waals surface area contributed by atoms with Crippen LogP contribution in [-0.2, 0) is 4.79 Å². The second kappa shape index (κ2) is 45.0. The number of nitrogens with one attached hydrogen (secondary N) is 1. The van der Waals surface area contributed by atoms with Gasteiger partial charge in [-0.1, -0.05) is 237 Å². The highest BCUT2D eigenvalue weighted by molar-refractivity contribution is 5.76. The second-order valence-corrected chi connectivity index (χ2v) is 16.2. The maximum absolute atomic E-state index is 12.4. The van der Waals surface area contributed by atoms with Crippen LogP contribution in [0.5, 0.6) is 0 Å². The van der Waals surface area contributed by atoms with E-state index in [1.54, 1.807) is 6.08 Å². The fourth-order valence-electron chi connectivity index (χ4n) is 7.21. The van der Waals surface area contributed by atoms with Crippen molar-refractivity contribution in [3.05, 3.63) is 36.5 Å². The molecule has 0 saturated carbocycles. The summed E-state index contributed by atoms with van der Waals surface area (Å²) in [5.41, 5.74) is 0. The van der Waals surface area contributed by atoms with Gasteiger partial charge < -0.3 is 15.5 Å². The van der Waals surface area contributed by atoms with Gasteiger partial charge in [0, 0.05) is 6.42 Å². The molecule has 0 aromatic carbocycles. The van der Waals surface area contributed by atoms with Gasteiger partial charge in [0.15, 0.2) is 0 Å². The molecule has 53 heavy (non-hydrogen) atoms. The van der Waals surface area contributed by atoms with Crippen LogP contribution in [0.2, 0.25) is 0 Å². The number of aliphatic hydroxyl groups is 2. The standard InChI is InChI=1S/C49H93NO3/c1-3-5-7-9-11-13-15-17-19-21-23-24-25-26-27-28-30-32-34-36-38-40-42-44-48(52)47(46-51)50-49(53)45-43-41-39-37-35-33-31-29-22-20-18-16-14-12-10-8-6-4-2/h27-28,34,36,42,44,47-48,51-52H,3-26,29-33,35,37-41,43,45-46H2,1-2H3,(H,50,53)/b28-27+,36-34+,44-42+. The monoisotopic (exact) mass is 744 g/mol. The molecule has 0 saturated heterocycles. The van der Waals surface area contributed by atoms with E-state index in [0.29, 0.717) is 6.42 Å². The first kappa shape index (κ1) is 51.6. The Morgan fingerprint density at radius 1 is 0.434 bits per heavy atom. The summed E-state index contributed by atoms with van der Waals surface area (Å²) in [5, 5.41) is 23.0. The first-order valence-electron chi connectivity index (χ1n) is 23.7. The van der Waals surface area contributed by atoms with Gasteiger partial charge in [-0.15, -0.1) is 0 Å². The van der Waals surface area contributed by atoms with Gasteiger partial charge in [-0.3, -0.25) is 4.79 Å². The molecule has 0 spiro atoms. The van der Waals surface area contributed by atoms with E-state index in [-0.39, 0.29) is 12.5 Å². The van der Waals surface area contributed by atoms with E-state index in [1.807, 2.05) is 6.08 Å². The van der Waals surface area contributed by atoms with E-state index in [4.69, 9.17) is 0 Å². The van der Waals surface area contributed by atoms with Crippen molar-refractivity contribution in [2.75, 3.05) is 6.61 Å². The van der Waals surface area contributed by atoms with Crippen molar-refractivity contribution in [1.82, 2.24) is 5.32 Å². The Morgan fingerprint density at radius 2 is 0.736 bits per heavy atom. The summed E-state index contributed by atoms with van der Waals surface area (Å²) in [5.74, 6) is -0.0747. The van der Waals surface area contributed by atoms with Crippen molar-refractivity contribution >= 4 is 5.91 Å². The van der Waals surface area contributed by atoms with Gasteiger partial charge in [0.2, 0.25) is 5.91 Å². The van der Waals surface area contributed by atoms with Gasteiger partial charge in [0.1, 0.15) is 0 Å². The number of hydrogen-bond acceptors (Lipinski definition) is 3. The van der Waals surface area contributed by atoms with Crippen molar-refractivity contribution in [1.29, 1.82) is 0 Å². The average Bonchev–Trinajstić information content (AvgIpc) is 3.16. The summed E-state index contributed by atoms with van der Waals surface area (Å²) in [7, 11) is 0. The summed E-state index contributed by atoms with van der Waals surface area (Å²) in [6.45, 7) is 4.31. The van der Waals surface area contributed by atoms with Crippen LogP contribution in [0.3, 0.4) is 0 Å². The summed E-state index contributed by atoms with van der Waals surface area (Å²) >= 11 is 0. The van der Waals surface area contributed by atoms with E-state index in [9.17, 15) is 15.0 Å². The van der Waals surface area contributed by atoms with Crippen LogP contribution in [0.1, 0.15) is 251 Å². The zero-order chi connectivity index (χ0) is 38.6. The Morgan fingerprint density at radius 3 is 1.09 bits per heavy atom. The molecule has 4 nitrogen and oxygen atoms in total. The van der Waals surface area contributed by atoms with Crippen LogP contribution < -0.4 is 5.32 Å². The average molecular weight is 744 g/mol. The van der Waals surface area contributed by atoms with E-state index < -0.39 is 12.1 Å². The number of allylic oxidation sites excluding steroid dienone is 5. The number of hydrogen-bond donors (Lipinski definition) is 3. The third-order valence-electron chi connectivity index (χ3n) is 10.9. The lowest BCUT2D eigenvalue weighted by molar-refractivity contribution is -0.123. The highest BCUT2D eigenvalue weighted by atomic mass is 16.3. The van der Waals surface area contributed by atoms with E-state index in [1.165, 1.54) is 193 Å². The predicted octanol–water partition coefficient (Wildman–Crippen LogP) is 15.0. The zero-order valence-electron chi connectivity index (χ0n) is 35.8. The molecule has 0 aromatic rings. The first-order chi connectivity index (χ1) is 26.2. The SMILES string of the molecule is CCCCCCCCCCCCCCC/C=C/CC/C=C/CC/C=C/C(O)C(CO)NC(=O)CCCCCCCCCCCCCCCCCCCC. The van der Waals surface area contributed by atoms with Crippen molar-refractivity contribution in [3.63, 3.8) is 0 Å². The van der Waals surface area contributed by atoms with Crippen molar-refractivity contribution in [3.8, 4) is 0 Å². The lowest BCUT2D eigenvalue weighted by Gasteiger charge is -2.19. The highest BCUT2D eigenvalue weighted by Crippen LogP contribution is 2.16. The number of aliphatic hydroxyl groups excluding tert-OH is 2. The zero-order valence-corrected chi connectivity index (χ0v) is 35.8. The molecule has 0 rings (SSSR count). The minimum Gasteiger partial charge on any atom is -0.394 e. The van der Waals surface area contributed by atoms with Gasteiger partial charge >= 0.3 is 0 Å². The second-order valence-electron chi connectivity index (χ2n) is 16.2. The Balaban J connectivity index is 3.60. The molecule has 0 bridgehead atoms. The number of carbonyl (C=O) groups excluding carboxylic acids is 1. The third kappa shape index (κ3) is 41.6.